The summed E-state index contributed by atoms with van der Waals surface area (Å²) in [5.41, 5.74) is 2.87. The second-order valence-electron chi connectivity index (χ2n) is 2.89. The van der Waals surface area contributed by atoms with Crippen molar-refractivity contribution in [1.82, 2.24) is 0 Å². The van der Waals surface area contributed by atoms with Crippen LogP contribution in [0, 0.1) is 17.7 Å². The van der Waals surface area contributed by atoms with E-state index in [0.29, 0.717) is 5.56 Å². The Hall–Kier alpha value is -2.06. The molecule has 1 aromatic rings. The molecule has 84 valence electrons. The molecule has 0 atom stereocenters. The highest BCUT2D eigenvalue weighted by Gasteiger charge is 2.00. The summed E-state index contributed by atoms with van der Waals surface area (Å²) in [4.78, 5) is 10.7. The van der Waals surface area contributed by atoms with Crippen LogP contribution in [-0.4, -0.2) is 13.1 Å². The van der Waals surface area contributed by atoms with Gasteiger partial charge in [0.1, 0.15) is 12.2 Å². The Bertz CT molecular complexity index is 449. The number of nitrogens with two attached hydrogens (primary N) is 1. The van der Waals surface area contributed by atoms with Crippen molar-refractivity contribution in [2.45, 2.75) is 6.42 Å². The molecule has 0 saturated heterocycles. The van der Waals surface area contributed by atoms with Crippen molar-refractivity contribution >= 4 is 11.7 Å². The van der Waals surface area contributed by atoms with Gasteiger partial charge in [0.2, 0.25) is 0 Å². The van der Waals surface area contributed by atoms with E-state index >= 15 is 0 Å². The molecule has 16 heavy (non-hydrogen) atoms. The SMILES string of the molecule is COC(=O)CC#Cc1ccc(NN)c(F)c1. The van der Waals surface area contributed by atoms with E-state index in [0.717, 1.165) is 0 Å². The number of esters is 1. The fourth-order valence-electron chi connectivity index (χ4n) is 1.00. The molecule has 0 radical (unpaired) electrons. The highest BCUT2D eigenvalue weighted by Crippen LogP contribution is 2.13. The van der Waals surface area contributed by atoms with Crippen molar-refractivity contribution in [1.29, 1.82) is 0 Å². The molecule has 0 fully saturated rings. The van der Waals surface area contributed by atoms with Crippen molar-refractivity contribution in [2.75, 3.05) is 12.5 Å². The maximum atomic E-state index is 13.2. The molecule has 1 rings (SSSR count). The van der Waals surface area contributed by atoms with Gasteiger partial charge in [0.05, 0.1) is 12.8 Å². The molecule has 5 heteroatoms. The largest absolute Gasteiger partial charge is 0.468 e. The second-order valence-corrected chi connectivity index (χ2v) is 2.89. The lowest BCUT2D eigenvalue weighted by Crippen LogP contribution is -2.08. The number of ether oxygens (including phenoxy) is 1. The van der Waals surface area contributed by atoms with E-state index in [1.807, 2.05) is 0 Å². The second kappa shape index (κ2) is 5.73. The number of nitrogens with one attached hydrogen (secondary N) is 1. The van der Waals surface area contributed by atoms with Gasteiger partial charge in [-0.2, -0.15) is 0 Å². The molecule has 0 saturated carbocycles. The number of halogens is 1. The molecule has 0 amide bonds. The molecule has 0 spiro atoms. The van der Waals surface area contributed by atoms with Crippen LogP contribution in [0.15, 0.2) is 18.2 Å². The van der Waals surface area contributed by atoms with Gasteiger partial charge in [-0.05, 0) is 18.2 Å². The number of carbonyl (C=O) groups excluding carboxylic acids is 1. The van der Waals surface area contributed by atoms with Crippen molar-refractivity contribution < 1.29 is 13.9 Å². The van der Waals surface area contributed by atoms with Crippen LogP contribution >= 0.6 is 0 Å². The van der Waals surface area contributed by atoms with Crippen LogP contribution in [0.4, 0.5) is 10.1 Å². The molecule has 4 nitrogen and oxygen atoms in total. The molecule has 0 aliphatic carbocycles. The Labute approximate surface area is 92.6 Å². The minimum Gasteiger partial charge on any atom is -0.468 e. The van der Waals surface area contributed by atoms with E-state index in [1.165, 1.54) is 19.2 Å². The normalized spacial score (nSPS) is 8.94. The van der Waals surface area contributed by atoms with Crippen LogP contribution in [0.5, 0.6) is 0 Å². The van der Waals surface area contributed by atoms with Crippen molar-refractivity contribution in [2.24, 2.45) is 5.84 Å². The molecular weight excluding hydrogens is 211 g/mol. The number of anilines is 1. The van der Waals surface area contributed by atoms with E-state index in [2.05, 4.69) is 22.0 Å². The maximum Gasteiger partial charge on any atom is 0.317 e. The minimum absolute atomic E-state index is 0.0188. The molecule has 0 unspecified atom stereocenters. The molecule has 0 bridgehead atoms. The smallest absolute Gasteiger partial charge is 0.317 e. The lowest BCUT2D eigenvalue weighted by Gasteiger charge is -2.00. The summed E-state index contributed by atoms with van der Waals surface area (Å²) in [7, 11) is 1.28. The number of methoxy groups -OCH3 is 1. The van der Waals surface area contributed by atoms with Gasteiger partial charge in [0, 0.05) is 5.56 Å². The van der Waals surface area contributed by atoms with Gasteiger partial charge >= 0.3 is 5.97 Å². The summed E-state index contributed by atoms with van der Waals surface area (Å²) in [6.07, 6.45) is -0.0188. The number of benzene rings is 1. The summed E-state index contributed by atoms with van der Waals surface area (Å²) < 4.78 is 17.6. The highest BCUT2D eigenvalue weighted by atomic mass is 19.1. The average molecular weight is 222 g/mol. The summed E-state index contributed by atoms with van der Waals surface area (Å²) in [6.45, 7) is 0. The number of carbonyl (C=O) groups is 1. The van der Waals surface area contributed by atoms with Crippen LogP contribution in [0.3, 0.4) is 0 Å². The summed E-state index contributed by atoms with van der Waals surface area (Å²) >= 11 is 0. The predicted molar refractivity (Wildman–Crippen MR) is 57.7 cm³/mol. The summed E-state index contributed by atoms with van der Waals surface area (Å²) in [5.74, 6) is 9.37. The first-order chi connectivity index (χ1) is 7.67. The van der Waals surface area contributed by atoms with E-state index in [1.54, 1.807) is 6.07 Å². The topological polar surface area (TPSA) is 64.3 Å². The van der Waals surface area contributed by atoms with E-state index in [-0.39, 0.29) is 12.1 Å². The fraction of sp³-hybridized carbons (Fsp3) is 0.182. The molecular formula is C11H11FN2O2. The Balaban J connectivity index is 2.75. The van der Waals surface area contributed by atoms with Gasteiger partial charge in [0.15, 0.2) is 0 Å². The molecule has 0 heterocycles. The number of hydrazine groups is 1. The molecule has 1 aromatic carbocycles. The van der Waals surface area contributed by atoms with Crippen LogP contribution in [-0.2, 0) is 9.53 Å². The molecule has 0 aliphatic rings. The number of hydrogen-bond acceptors (Lipinski definition) is 4. The predicted octanol–water partition coefficient (Wildman–Crippen LogP) is 1.03. The third kappa shape index (κ3) is 3.26. The van der Waals surface area contributed by atoms with Crippen LogP contribution < -0.4 is 11.3 Å². The van der Waals surface area contributed by atoms with Gasteiger partial charge in [-0.1, -0.05) is 11.8 Å². The van der Waals surface area contributed by atoms with Gasteiger partial charge < -0.3 is 10.2 Å². The molecule has 0 aliphatic heterocycles. The van der Waals surface area contributed by atoms with E-state index in [9.17, 15) is 9.18 Å². The summed E-state index contributed by atoms with van der Waals surface area (Å²) in [6, 6.07) is 4.31. The third-order valence-corrected chi connectivity index (χ3v) is 1.82. The van der Waals surface area contributed by atoms with Crippen LogP contribution in [0.25, 0.3) is 0 Å². The number of nitrogen functional groups attached to an aromatic ring is 1. The van der Waals surface area contributed by atoms with Gasteiger partial charge in [-0.25, -0.2) is 4.39 Å². The number of rotatable bonds is 2. The average Bonchev–Trinajstić information content (AvgIpc) is 2.29. The Morgan fingerprint density at radius 3 is 2.94 bits per heavy atom. The quantitative estimate of drug-likeness (QED) is 0.339. The number of hydrogen-bond donors (Lipinski definition) is 2. The maximum absolute atomic E-state index is 13.2. The Morgan fingerprint density at radius 1 is 1.62 bits per heavy atom. The van der Waals surface area contributed by atoms with Gasteiger partial charge in [0.25, 0.3) is 0 Å². The fourth-order valence-corrected chi connectivity index (χ4v) is 1.00. The third-order valence-electron chi connectivity index (χ3n) is 1.82. The molecule has 0 aromatic heterocycles. The van der Waals surface area contributed by atoms with E-state index in [4.69, 9.17) is 5.84 Å². The first kappa shape index (κ1) is 12.0. The van der Waals surface area contributed by atoms with Gasteiger partial charge in [-0.15, -0.1) is 0 Å². The van der Waals surface area contributed by atoms with Crippen LogP contribution in [0.1, 0.15) is 12.0 Å². The lowest BCUT2D eigenvalue weighted by atomic mass is 10.2. The monoisotopic (exact) mass is 222 g/mol. The Kier molecular flexibility index (Phi) is 4.30. The Morgan fingerprint density at radius 2 is 2.38 bits per heavy atom. The first-order valence-corrected chi connectivity index (χ1v) is 4.49. The highest BCUT2D eigenvalue weighted by molar-refractivity contribution is 5.72. The van der Waals surface area contributed by atoms with Crippen molar-refractivity contribution in [3.8, 4) is 11.8 Å². The minimum atomic E-state index is -0.493. The zero-order valence-corrected chi connectivity index (χ0v) is 8.71. The zero-order chi connectivity index (χ0) is 12.0. The van der Waals surface area contributed by atoms with Crippen molar-refractivity contribution in [3.63, 3.8) is 0 Å². The lowest BCUT2D eigenvalue weighted by molar-refractivity contribution is -0.139. The first-order valence-electron chi connectivity index (χ1n) is 4.49. The summed E-state index contributed by atoms with van der Waals surface area (Å²) in [5, 5.41) is 0. The van der Waals surface area contributed by atoms with Crippen LogP contribution in [0.2, 0.25) is 0 Å². The van der Waals surface area contributed by atoms with Crippen molar-refractivity contribution in [3.05, 3.63) is 29.6 Å². The zero-order valence-electron chi connectivity index (χ0n) is 8.71. The standard InChI is InChI=1S/C11H11FN2O2/c1-16-11(15)4-2-3-8-5-6-10(14-13)9(12)7-8/h5-7,14H,4,13H2,1H3. The van der Waals surface area contributed by atoms with E-state index < -0.39 is 11.8 Å². The molecule has 3 N–H and O–H groups in total. The van der Waals surface area contributed by atoms with Gasteiger partial charge in [-0.3, -0.25) is 10.6 Å².